The highest BCUT2D eigenvalue weighted by Crippen LogP contribution is 2.19. The molecule has 0 amide bonds. The smallest absolute Gasteiger partial charge is 0.354 e. The van der Waals surface area contributed by atoms with Gasteiger partial charge in [-0.15, -0.1) is 0 Å². The van der Waals surface area contributed by atoms with Gasteiger partial charge in [0.1, 0.15) is 0 Å². The van der Waals surface area contributed by atoms with Crippen LogP contribution >= 0.6 is 11.8 Å². The van der Waals surface area contributed by atoms with Crippen molar-refractivity contribution in [3.05, 3.63) is 60.0 Å². The first-order valence-corrected chi connectivity index (χ1v) is 6.81. The normalized spacial score (nSPS) is 21.6. The van der Waals surface area contributed by atoms with Crippen molar-refractivity contribution >= 4 is 23.3 Å². The average Bonchev–Trinajstić information content (AvgIpc) is 2.37. The lowest BCUT2D eigenvalue weighted by molar-refractivity contribution is 0.0689. The van der Waals surface area contributed by atoms with Crippen molar-refractivity contribution in [1.82, 2.24) is 9.97 Å². The number of carbonyl (C=O) groups is 1. The molecule has 2 rings (SSSR count). The summed E-state index contributed by atoms with van der Waals surface area (Å²) in [5, 5.41) is 9.52. The molecule has 1 aliphatic carbocycles. The third-order valence-electron chi connectivity index (χ3n) is 2.40. The maximum Gasteiger partial charge on any atom is 0.354 e. The largest absolute Gasteiger partial charge is 0.477 e. The summed E-state index contributed by atoms with van der Waals surface area (Å²) in [6.45, 7) is 0. The van der Waals surface area contributed by atoms with E-state index >= 15 is 0 Å². The van der Waals surface area contributed by atoms with E-state index in [1.54, 1.807) is 0 Å². The Balaban J connectivity index is 2.49. The van der Waals surface area contributed by atoms with Gasteiger partial charge in [-0.25, -0.2) is 14.8 Å². The number of carboxylic acids is 1. The Labute approximate surface area is 115 Å². The zero-order valence-corrected chi connectivity index (χ0v) is 11.1. The van der Waals surface area contributed by atoms with Crippen LogP contribution in [-0.2, 0) is 0 Å². The molecule has 1 N–H and O–H groups in total. The summed E-state index contributed by atoms with van der Waals surface area (Å²) in [6.07, 6.45) is 15.1. The van der Waals surface area contributed by atoms with Gasteiger partial charge in [0.05, 0.1) is 5.69 Å². The highest BCUT2D eigenvalue weighted by molar-refractivity contribution is 7.98. The number of allylic oxidation sites excluding steroid dienone is 8. The van der Waals surface area contributed by atoms with Crippen molar-refractivity contribution in [2.45, 2.75) is 5.16 Å². The van der Waals surface area contributed by atoms with Gasteiger partial charge in [0, 0.05) is 5.57 Å². The van der Waals surface area contributed by atoms with Crippen LogP contribution in [0.3, 0.4) is 0 Å². The molecule has 4 nitrogen and oxygen atoms in total. The summed E-state index contributed by atoms with van der Waals surface area (Å²) in [6, 6.07) is 1.48. The van der Waals surface area contributed by atoms with Crippen LogP contribution in [0.15, 0.2) is 53.8 Å². The van der Waals surface area contributed by atoms with E-state index < -0.39 is 5.97 Å². The lowest BCUT2D eigenvalue weighted by Gasteiger charge is -2.05. The first-order chi connectivity index (χ1) is 9.20. The third-order valence-corrected chi connectivity index (χ3v) is 2.95. The molecule has 19 heavy (non-hydrogen) atoms. The van der Waals surface area contributed by atoms with Crippen molar-refractivity contribution in [3.8, 4) is 0 Å². The zero-order valence-electron chi connectivity index (χ0n) is 10.3. The van der Waals surface area contributed by atoms with Crippen LogP contribution in [0.4, 0.5) is 0 Å². The molecule has 1 aromatic heterocycles. The Hall–Kier alpha value is -2.14. The Morgan fingerprint density at radius 2 is 1.89 bits per heavy atom. The quantitative estimate of drug-likeness (QED) is 0.677. The minimum absolute atomic E-state index is 0.00484. The maximum absolute atomic E-state index is 11.1. The summed E-state index contributed by atoms with van der Waals surface area (Å²) in [5.41, 5.74) is 1.46. The van der Waals surface area contributed by atoms with E-state index in [9.17, 15) is 4.79 Å². The molecule has 0 aromatic carbocycles. The fourth-order valence-electron chi connectivity index (χ4n) is 1.51. The van der Waals surface area contributed by atoms with Crippen LogP contribution in [0.25, 0.3) is 5.57 Å². The van der Waals surface area contributed by atoms with Gasteiger partial charge >= 0.3 is 5.97 Å². The molecule has 0 saturated carbocycles. The second-order valence-corrected chi connectivity index (χ2v) is 4.45. The van der Waals surface area contributed by atoms with Gasteiger partial charge in [-0.05, 0) is 12.3 Å². The number of carboxylic acid groups (broad SMARTS) is 1. The van der Waals surface area contributed by atoms with Gasteiger partial charge in [-0.3, -0.25) is 0 Å². The van der Waals surface area contributed by atoms with Crippen LogP contribution < -0.4 is 0 Å². The maximum atomic E-state index is 11.1. The van der Waals surface area contributed by atoms with E-state index in [1.165, 1.54) is 17.8 Å². The number of hydrogen-bond acceptors (Lipinski definition) is 4. The SMILES string of the molecule is CSc1nc(C(=O)O)cc(C2=C/C=C\C=C/C=C\2)n1. The molecule has 0 unspecified atom stereocenters. The highest BCUT2D eigenvalue weighted by Gasteiger charge is 2.11. The van der Waals surface area contributed by atoms with Gasteiger partial charge in [0.25, 0.3) is 0 Å². The van der Waals surface area contributed by atoms with Crippen LogP contribution in [-0.4, -0.2) is 27.3 Å². The number of aromatic nitrogens is 2. The summed E-state index contributed by atoms with van der Waals surface area (Å²) >= 11 is 1.32. The second-order valence-electron chi connectivity index (χ2n) is 3.68. The van der Waals surface area contributed by atoms with Crippen LogP contribution in [0.2, 0.25) is 0 Å². The first kappa shape index (κ1) is 13.3. The van der Waals surface area contributed by atoms with Crippen molar-refractivity contribution in [1.29, 1.82) is 0 Å². The topological polar surface area (TPSA) is 63.1 Å². The molecular weight excluding hydrogens is 260 g/mol. The lowest BCUT2D eigenvalue weighted by atomic mass is 10.1. The Morgan fingerprint density at radius 3 is 2.63 bits per heavy atom. The molecule has 0 spiro atoms. The Morgan fingerprint density at radius 1 is 1.16 bits per heavy atom. The van der Waals surface area contributed by atoms with Gasteiger partial charge in [0.15, 0.2) is 10.9 Å². The number of nitrogens with zero attached hydrogens (tertiary/aromatic N) is 2. The van der Waals surface area contributed by atoms with E-state index in [0.29, 0.717) is 10.9 Å². The zero-order chi connectivity index (χ0) is 13.7. The monoisotopic (exact) mass is 272 g/mol. The van der Waals surface area contributed by atoms with Crippen molar-refractivity contribution in [2.24, 2.45) is 0 Å². The van der Waals surface area contributed by atoms with Gasteiger partial charge in [-0.2, -0.15) is 0 Å². The van der Waals surface area contributed by atoms with Crippen LogP contribution in [0.1, 0.15) is 16.2 Å². The first-order valence-electron chi connectivity index (χ1n) is 5.59. The summed E-state index contributed by atoms with van der Waals surface area (Å²) in [7, 11) is 0. The van der Waals surface area contributed by atoms with Crippen LogP contribution in [0, 0.1) is 0 Å². The predicted octanol–water partition coefficient (Wildman–Crippen LogP) is 2.96. The van der Waals surface area contributed by atoms with E-state index in [1.807, 2.05) is 48.8 Å². The standard InChI is InChI=1S/C14H12N2O2S/c1-19-14-15-11(9-12(16-14)13(17)18)10-7-5-3-2-4-6-8-10/h2-9H,1H3,(H,17,18)/b3-2-,4-2?,5-3?,6-4-,7-5-,8-6?,10-7?,10-8+. The highest BCUT2D eigenvalue weighted by atomic mass is 32.2. The second kappa shape index (κ2) is 6.15. The molecule has 0 radical (unpaired) electrons. The number of rotatable bonds is 3. The number of thioether (sulfide) groups is 1. The number of hydrogen-bond donors (Lipinski definition) is 1. The molecule has 0 fully saturated rings. The lowest BCUT2D eigenvalue weighted by Crippen LogP contribution is -2.04. The molecule has 0 atom stereocenters. The number of aromatic carboxylic acids is 1. The Kier molecular flexibility index (Phi) is 4.30. The molecule has 5 heteroatoms. The van der Waals surface area contributed by atoms with Gasteiger partial charge < -0.3 is 5.11 Å². The summed E-state index contributed by atoms with van der Waals surface area (Å²) in [5.74, 6) is -1.05. The molecule has 1 aliphatic rings. The molecule has 0 aliphatic heterocycles. The fourth-order valence-corrected chi connectivity index (χ4v) is 1.89. The Bertz CT molecular complexity index is 616. The van der Waals surface area contributed by atoms with E-state index in [0.717, 1.165) is 5.57 Å². The van der Waals surface area contributed by atoms with Crippen LogP contribution in [0.5, 0.6) is 0 Å². The van der Waals surface area contributed by atoms with Gasteiger partial charge in [0.2, 0.25) is 0 Å². The minimum Gasteiger partial charge on any atom is -0.477 e. The summed E-state index contributed by atoms with van der Waals surface area (Å²) in [4.78, 5) is 19.4. The molecule has 1 aromatic rings. The van der Waals surface area contributed by atoms with Crippen molar-refractivity contribution < 1.29 is 9.90 Å². The fraction of sp³-hybridized carbons (Fsp3) is 0.0714. The third kappa shape index (κ3) is 3.42. The molecular formula is C14H12N2O2S. The van der Waals surface area contributed by atoms with Crippen molar-refractivity contribution in [2.75, 3.05) is 6.26 Å². The minimum atomic E-state index is -1.05. The van der Waals surface area contributed by atoms with Crippen molar-refractivity contribution in [3.63, 3.8) is 0 Å². The van der Waals surface area contributed by atoms with E-state index in [-0.39, 0.29) is 5.69 Å². The van der Waals surface area contributed by atoms with E-state index in [2.05, 4.69) is 9.97 Å². The molecule has 96 valence electrons. The summed E-state index contributed by atoms with van der Waals surface area (Å²) < 4.78 is 0. The molecule has 1 heterocycles. The predicted molar refractivity (Wildman–Crippen MR) is 76.2 cm³/mol. The van der Waals surface area contributed by atoms with Gasteiger partial charge in [-0.1, -0.05) is 54.3 Å². The molecule has 0 bridgehead atoms. The average molecular weight is 272 g/mol. The van der Waals surface area contributed by atoms with E-state index in [4.69, 9.17) is 5.11 Å². The molecule has 0 saturated heterocycles.